The fourth-order valence-electron chi connectivity index (χ4n) is 2.69. The molecular formula is C17H17FN6O4. The van der Waals surface area contributed by atoms with Crippen molar-refractivity contribution in [3.8, 4) is 0 Å². The zero-order valence-electron chi connectivity index (χ0n) is 15.1. The van der Waals surface area contributed by atoms with Crippen LogP contribution in [0.15, 0.2) is 40.2 Å². The number of aryl methyl sites for hydroxylation is 2. The van der Waals surface area contributed by atoms with Gasteiger partial charge in [0.25, 0.3) is 11.5 Å². The first-order chi connectivity index (χ1) is 13.3. The topological polar surface area (TPSA) is 120 Å². The molecule has 2 amide bonds. The third kappa shape index (κ3) is 3.68. The Bertz CT molecular complexity index is 1180. The number of hydrazine groups is 1. The summed E-state index contributed by atoms with van der Waals surface area (Å²) in [5.74, 6) is -1.72. The van der Waals surface area contributed by atoms with Gasteiger partial charge in [0, 0.05) is 14.1 Å². The molecule has 0 unspecified atom stereocenters. The van der Waals surface area contributed by atoms with E-state index >= 15 is 0 Å². The van der Waals surface area contributed by atoms with Gasteiger partial charge in [-0.25, -0.2) is 18.7 Å². The molecule has 3 aromatic rings. The smallest absolute Gasteiger partial charge is 0.328 e. The van der Waals surface area contributed by atoms with E-state index in [2.05, 4.69) is 15.8 Å². The monoisotopic (exact) mass is 388 g/mol. The molecule has 0 saturated heterocycles. The summed E-state index contributed by atoms with van der Waals surface area (Å²) in [5, 5.41) is 0. The molecule has 2 heterocycles. The minimum atomic E-state index is -0.756. The Kier molecular flexibility index (Phi) is 5.07. The molecule has 0 bridgehead atoms. The van der Waals surface area contributed by atoms with Crippen LogP contribution >= 0.6 is 0 Å². The van der Waals surface area contributed by atoms with Gasteiger partial charge in [-0.2, -0.15) is 0 Å². The number of nitrogens with one attached hydrogen (secondary N) is 2. The molecule has 0 aliphatic rings. The number of fused-ring (bicyclic) bond motifs is 1. The molecule has 0 fully saturated rings. The van der Waals surface area contributed by atoms with Crippen LogP contribution in [0.3, 0.4) is 0 Å². The molecule has 0 radical (unpaired) electrons. The van der Waals surface area contributed by atoms with Crippen LogP contribution in [0.4, 0.5) is 4.39 Å². The Morgan fingerprint density at radius 1 is 1.07 bits per heavy atom. The first kappa shape index (κ1) is 19.0. The molecule has 0 saturated carbocycles. The number of benzene rings is 1. The summed E-state index contributed by atoms with van der Waals surface area (Å²) in [6.45, 7) is -0.580. The van der Waals surface area contributed by atoms with Gasteiger partial charge < -0.3 is 4.57 Å². The number of halogens is 1. The maximum Gasteiger partial charge on any atom is 0.332 e. The quantitative estimate of drug-likeness (QED) is 0.554. The van der Waals surface area contributed by atoms with E-state index in [-0.39, 0.29) is 17.6 Å². The fourth-order valence-corrected chi connectivity index (χ4v) is 2.69. The normalized spacial score (nSPS) is 10.8. The molecule has 10 nitrogen and oxygen atoms in total. The predicted octanol–water partition coefficient (Wildman–Crippen LogP) is -1.04. The largest absolute Gasteiger partial charge is 0.332 e. The lowest BCUT2D eigenvalue weighted by molar-refractivity contribution is -0.129. The molecule has 3 rings (SSSR count). The Morgan fingerprint density at radius 3 is 2.39 bits per heavy atom. The van der Waals surface area contributed by atoms with Gasteiger partial charge in [-0.1, -0.05) is 12.1 Å². The predicted molar refractivity (Wildman–Crippen MR) is 96.6 cm³/mol. The summed E-state index contributed by atoms with van der Waals surface area (Å²) < 4.78 is 16.2. The van der Waals surface area contributed by atoms with Crippen molar-refractivity contribution < 1.29 is 14.0 Å². The van der Waals surface area contributed by atoms with Crippen molar-refractivity contribution in [2.24, 2.45) is 14.1 Å². The van der Waals surface area contributed by atoms with Crippen molar-refractivity contribution in [1.82, 2.24) is 29.5 Å². The number of hydrogen-bond donors (Lipinski definition) is 2. The number of rotatable bonds is 4. The number of amides is 2. The highest BCUT2D eigenvalue weighted by Crippen LogP contribution is 2.04. The zero-order chi connectivity index (χ0) is 20.4. The lowest BCUT2D eigenvalue weighted by Gasteiger charge is -2.10. The lowest BCUT2D eigenvalue weighted by Crippen LogP contribution is -2.48. The van der Waals surface area contributed by atoms with Gasteiger partial charge in [-0.3, -0.25) is 29.8 Å². The van der Waals surface area contributed by atoms with E-state index in [1.807, 2.05) is 0 Å². The van der Waals surface area contributed by atoms with Crippen molar-refractivity contribution in [2.75, 3.05) is 0 Å². The average molecular weight is 388 g/mol. The Labute approximate surface area is 157 Å². The highest BCUT2D eigenvalue weighted by Gasteiger charge is 2.17. The standard InChI is InChI=1S/C17H17FN6O4/c1-22-9-19-15-14(22)16(27)24(17(28)23(15)2)8-13(26)21-20-12(25)7-10-3-5-11(18)6-4-10/h3-6,9H,7-8H2,1-2H3,(H,20,25)(H,21,26). The Hall–Kier alpha value is -3.76. The second-order valence-electron chi connectivity index (χ2n) is 6.16. The average Bonchev–Trinajstić information content (AvgIpc) is 3.05. The maximum absolute atomic E-state index is 12.9. The van der Waals surface area contributed by atoms with Crippen molar-refractivity contribution in [3.63, 3.8) is 0 Å². The van der Waals surface area contributed by atoms with Gasteiger partial charge in [0.15, 0.2) is 11.2 Å². The summed E-state index contributed by atoms with van der Waals surface area (Å²) >= 11 is 0. The summed E-state index contributed by atoms with van der Waals surface area (Å²) in [6.07, 6.45) is 1.31. The van der Waals surface area contributed by atoms with Crippen LogP contribution in [0.1, 0.15) is 5.56 Å². The first-order valence-electron chi connectivity index (χ1n) is 8.21. The molecule has 146 valence electrons. The van der Waals surface area contributed by atoms with E-state index in [1.165, 1.54) is 42.2 Å². The van der Waals surface area contributed by atoms with Crippen LogP contribution in [0.2, 0.25) is 0 Å². The number of nitrogens with zero attached hydrogens (tertiary/aromatic N) is 4. The minimum Gasteiger partial charge on any atom is -0.328 e. The molecule has 0 aliphatic carbocycles. The van der Waals surface area contributed by atoms with Gasteiger partial charge in [-0.05, 0) is 17.7 Å². The van der Waals surface area contributed by atoms with Crippen molar-refractivity contribution in [2.45, 2.75) is 13.0 Å². The third-order valence-electron chi connectivity index (χ3n) is 4.12. The third-order valence-corrected chi connectivity index (χ3v) is 4.12. The van der Waals surface area contributed by atoms with Gasteiger partial charge in [0.1, 0.15) is 12.4 Å². The van der Waals surface area contributed by atoms with Crippen LogP contribution < -0.4 is 22.1 Å². The maximum atomic E-state index is 12.9. The molecule has 0 atom stereocenters. The highest BCUT2D eigenvalue weighted by atomic mass is 19.1. The summed E-state index contributed by atoms with van der Waals surface area (Å²) in [5.41, 5.74) is 3.91. The number of hydrogen-bond acceptors (Lipinski definition) is 5. The van der Waals surface area contributed by atoms with Crippen LogP contribution in [0, 0.1) is 5.82 Å². The summed E-state index contributed by atoms with van der Waals surface area (Å²) in [6, 6.07) is 5.34. The van der Waals surface area contributed by atoms with Gasteiger partial charge in [0.2, 0.25) is 5.91 Å². The fraction of sp³-hybridized carbons (Fsp3) is 0.235. The van der Waals surface area contributed by atoms with Crippen molar-refractivity contribution in [3.05, 3.63) is 62.8 Å². The number of imidazole rings is 1. The molecule has 11 heteroatoms. The summed E-state index contributed by atoms with van der Waals surface area (Å²) in [7, 11) is 3.04. The molecular weight excluding hydrogens is 371 g/mol. The molecule has 2 N–H and O–H groups in total. The van der Waals surface area contributed by atoms with Gasteiger partial charge in [-0.15, -0.1) is 0 Å². The van der Waals surface area contributed by atoms with Gasteiger partial charge >= 0.3 is 5.69 Å². The molecule has 0 aliphatic heterocycles. The number of carbonyl (C=O) groups is 2. The summed E-state index contributed by atoms with van der Waals surface area (Å²) in [4.78, 5) is 52.8. The zero-order valence-corrected chi connectivity index (χ0v) is 15.1. The van der Waals surface area contributed by atoms with E-state index in [0.29, 0.717) is 5.56 Å². The lowest BCUT2D eigenvalue weighted by atomic mass is 10.1. The van der Waals surface area contributed by atoms with Crippen LogP contribution in [0.5, 0.6) is 0 Å². The van der Waals surface area contributed by atoms with Crippen LogP contribution in [0.25, 0.3) is 11.2 Å². The van der Waals surface area contributed by atoms with E-state index < -0.39 is 35.4 Å². The van der Waals surface area contributed by atoms with Crippen molar-refractivity contribution in [1.29, 1.82) is 0 Å². The minimum absolute atomic E-state index is 0.0801. The van der Waals surface area contributed by atoms with E-state index in [1.54, 1.807) is 7.05 Å². The van der Waals surface area contributed by atoms with Gasteiger partial charge in [0.05, 0.1) is 12.7 Å². The SMILES string of the molecule is Cn1cnc2c1c(=O)n(CC(=O)NNC(=O)Cc1ccc(F)cc1)c(=O)n2C. The van der Waals surface area contributed by atoms with E-state index in [9.17, 15) is 23.6 Å². The van der Waals surface area contributed by atoms with E-state index in [4.69, 9.17) is 0 Å². The molecule has 1 aromatic carbocycles. The Balaban J connectivity index is 1.69. The second kappa shape index (κ2) is 7.47. The van der Waals surface area contributed by atoms with Crippen LogP contribution in [-0.4, -0.2) is 30.5 Å². The van der Waals surface area contributed by atoms with Crippen LogP contribution in [-0.2, 0) is 36.6 Å². The molecule has 28 heavy (non-hydrogen) atoms. The number of aromatic nitrogens is 4. The number of carbonyl (C=O) groups excluding carboxylic acids is 2. The first-order valence-corrected chi connectivity index (χ1v) is 8.21. The molecule has 2 aromatic heterocycles. The second-order valence-corrected chi connectivity index (χ2v) is 6.16. The Morgan fingerprint density at radius 2 is 1.71 bits per heavy atom. The molecule has 0 spiro atoms. The highest BCUT2D eigenvalue weighted by molar-refractivity contribution is 5.83. The van der Waals surface area contributed by atoms with Crippen molar-refractivity contribution >= 4 is 23.0 Å². The van der Waals surface area contributed by atoms with E-state index in [0.717, 1.165) is 9.13 Å².